The van der Waals surface area contributed by atoms with E-state index in [0.717, 1.165) is 28.3 Å². The number of thioether (sulfide) groups is 1. The van der Waals surface area contributed by atoms with E-state index in [9.17, 15) is 9.59 Å². The zero-order valence-corrected chi connectivity index (χ0v) is 18.9. The number of hydrogen-bond acceptors (Lipinski definition) is 5. The lowest BCUT2D eigenvalue weighted by molar-refractivity contribution is -0.152. The van der Waals surface area contributed by atoms with Crippen LogP contribution in [0.2, 0.25) is 0 Å². The third-order valence-corrected chi connectivity index (χ3v) is 6.98. The van der Waals surface area contributed by atoms with E-state index in [0.29, 0.717) is 12.4 Å². The van der Waals surface area contributed by atoms with Crippen LogP contribution >= 0.6 is 23.4 Å². The molecule has 1 aliphatic heterocycles. The Balaban J connectivity index is 2.08. The van der Waals surface area contributed by atoms with Gasteiger partial charge in [-0.05, 0) is 35.7 Å². The second-order valence-electron chi connectivity index (χ2n) is 7.19. The lowest BCUT2D eigenvalue weighted by Gasteiger charge is -2.29. The molecule has 0 fully saturated rings. The molecule has 2 aromatic carbocycles. The van der Waals surface area contributed by atoms with Gasteiger partial charge in [0, 0.05) is 24.2 Å². The summed E-state index contributed by atoms with van der Waals surface area (Å²) in [6, 6.07) is 15.3. The van der Waals surface area contributed by atoms with E-state index in [4.69, 9.17) is 21.1 Å². The van der Waals surface area contributed by atoms with Gasteiger partial charge in [-0.3, -0.25) is 9.59 Å². The number of esters is 1. The van der Waals surface area contributed by atoms with Gasteiger partial charge in [0.25, 0.3) is 5.91 Å². The van der Waals surface area contributed by atoms with Crippen molar-refractivity contribution in [1.29, 1.82) is 0 Å². The highest BCUT2D eigenvalue weighted by atomic mass is 35.5. The van der Waals surface area contributed by atoms with Gasteiger partial charge in [0.05, 0.1) is 18.0 Å². The first-order chi connectivity index (χ1) is 14.5. The number of nitrogens with zero attached hydrogens (tertiary/aromatic N) is 1. The predicted molar refractivity (Wildman–Crippen MR) is 120 cm³/mol. The minimum Gasteiger partial charge on any atom is -0.497 e. The number of hydrogen-bond donors (Lipinski definition) is 0. The molecule has 3 rings (SSSR count). The number of carbonyl (C=O) groups excluding carboxylic acids is 2. The summed E-state index contributed by atoms with van der Waals surface area (Å²) < 4.78 is 10.9. The molecule has 0 bridgehead atoms. The molecule has 1 aliphatic rings. The SMILES string of the molecule is CCC(CCl)CN1C(=O)[C@H](OC(C)=O)[C@H](c2ccc(OC)cc2)Sc2ccccc21. The molecule has 0 saturated heterocycles. The molecule has 0 N–H and O–H groups in total. The van der Waals surface area contributed by atoms with Gasteiger partial charge in [-0.2, -0.15) is 0 Å². The summed E-state index contributed by atoms with van der Waals surface area (Å²) in [4.78, 5) is 28.3. The molecule has 0 saturated carbocycles. The Morgan fingerprint density at radius 2 is 1.90 bits per heavy atom. The van der Waals surface area contributed by atoms with Gasteiger partial charge in [-0.25, -0.2) is 0 Å². The summed E-state index contributed by atoms with van der Waals surface area (Å²) in [6.07, 6.45) is -0.0935. The van der Waals surface area contributed by atoms with Gasteiger partial charge in [-0.1, -0.05) is 37.6 Å². The predicted octanol–water partition coefficient (Wildman–Crippen LogP) is 5.07. The van der Waals surface area contributed by atoms with Crippen molar-refractivity contribution >= 4 is 40.9 Å². The van der Waals surface area contributed by atoms with Crippen LogP contribution in [0.4, 0.5) is 5.69 Å². The first-order valence-electron chi connectivity index (χ1n) is 9.92. The van der Waals surface area contributed by atoms with E-state index in [1.807, 2.05) is 48.5 Å². The van der Waals surface area contributed by atoms with Crippen LogP contribution in [0, 0.1) is 5.92 Å². The highest BCUT2D eigenvalue weighted by Gasteiger charge is 2.41. The number of para-hydroxylation sites is 1. The number of anilines is 1. The highest BCUT2D eigenvalue weighted by molar-refractivity contribution is 7.99. The highest BCUT2D eigenvalue weighted by Crippen LogP contribution is 2.47. The van der Waals surface area contributed by atoms with Crippen molar-refractivity contribution in [3.05, 3.63) is 54.1 Å². The maximum absolute atomic E-state index is 13.7. The number of amides is 1. The van der Waals surface area contributed by atoms with E-state index < -0.39 is 12.1 Å². The Morgan fingerprint density at radius 1 is 1.20 bits per heavy atom. The van der Waals surface area contributed by atoms with Crippen LogP contribution in [0.25, 0.3) is 0 Å². The van der Waals surface area contributed by atoms with Crippen molar-refractivity contribution in [3.8, 4) is 5.75 Å². The molecule has 1 amide bonds. The van der Waals surface area contributed by atoms with E-state index in [2.05, 4.69) is 6.92 Å². The molecular weight excluding hydrogens is 422 g/mol. The third kappa shape index (κ3) is 4.93. The lowest BCUT2D eigenvalue weighted by Crippen LogP contribution is -2.45. The summed E-state index contributed by atoms with van der Waals surface area (Å²) in [6.45, 7) is 3.86. The number of alkyl halides is 1. The fraction of sp³-hybridized carbons (Fsp3) is 0.391. The summed E-state index contributed by atoms with van der Waals surface area (Å²) in [5.41, 5.74) is 1.71. The topological polar surface area (TPSA) is 55.8 Å². The normalized spacial score (nSPS) is 19.6. The Labute approximate surface area is 186 Å². The molecular formula is C23H26ClNO4S. The molecule has 0 aromatic heterocycles. The average molecular weight is 448 g/mol. The number of carbonyl (C=O) groups is 2. The minimum absolute atomic E-state index is 0.143. The van der Waals surface area contributed by atoms with Crippen molar-refractivity contribution < 1.29 is 19.1 Å². The van der Waals surface area contributed by atoms with Gasteiger partial charge in [0.1, 0.15) is 5.75 Å². The van der Waals surface area contributed by atoms with Crippen LogP contribution in [-0.2, 0) is 14.3 Å². The van der Waals surface area contributed by atoms with Gasteiger partial charge < -0.3 is 14.4 Å². The largest absolute Gasteiger partial charge is 0.497 e. The Kier molecular flexibility index (Phi) is 7.67. The zero-order chi connectivity index (χ0) is 21.7. The van der Waals surface area contributed by atoms with Crippen molar-refractivity contribution in [2.75, 3.05) is 24.4 Å². The molecule has 7 heteroatoms. The molecule has 0 aliphatic carbocycles. The number of fused-ring (bicyclic) bond motifs is 1. The summed E-state index contributed by atoms with van der Waals surface area (Å²) >= 11 is 7.67. The maximum atomic E-state index is 13.7. The Morgan fingerprint density at radius 3 is 2.50 bits per heavy atom. The number of benzene rings is 2. The second kappa shape index (κ2) is 10.2. The third-order valence-electron chi connectivity index (χ3n) is 5.17. The first-order valence-corrected chi connectivity index (χ1v) is 11.3. The molecule has 30 heavy (non-hydrogen) atoms. The molecule has 160 valence electrons. The number of rotatable bonds is 7. The molecule has 1 unspecified atom stereocenters. The van der Waals surface area contributed by atoms with Crippen LogP contribution in [0.1, 0.15) is 31.1 Å². The minimum atomic E-state index is -0.943. The first kappa shape index (κ1) is 22.5. The van der Waals surface area contributed by atoms with Gasteiger partial charge in [0.2, 0.25) is 0 Å². The molecule has 3 atom stereocenters. The van der Waals surface area contributed by atoms with Crippen molar-refractivity contribution in [2.24, 2.45) is 5.92 Å². The van der Waals surface area contributed by atoms with E-state index in [1.165, 1.54) is 18.7 Å². The number of halogens is 1. The number of methoxy groups -OCH3 is 1. The number of ether oxygens (including phenoxy) is 2. The van der Waals surface area contributed by atoms with Crippen LogP contribution in [0.15, 0.2) is 53.4 Å². The smallest absolute Gasteiger partial charge is 0.303 e. The van der Waals surface area contributed by atoms with Crippen LogP contribution in [0.3, 0.4) is 0 Å². The second-order valence-corrected chi connectivity index (χ2v) is 8.68. The molecule has 1 heterocycles. The molecule has 0 radical (unpaired) electrons. The Bertz CT molecular complexity index is 885. The molecule has 0 spiro atoms. The van der Waals surface area contributed by atoms with Gasteiger partial charge >= 0.3 is 5.97 Å². The van der Waals surface area contributed by atoms with E-state index >= 15 is 0 Å². The summed E-state index contributed by atoms with van der Waals surface area (Å²) in [5.74, 6) is 0.608. The van der Waals surface area contributed by atoms with Crippen molar-refractivity contribution in [2.45, 2.75) is 36.5 Å². The summed E-state index contributed by atoms with van der Waals surface area (Å²) in [5, 5.41) is -0.380. The molecule has 5 nitrogen and oxygen atoms in total. The lowest BCUT2D eigenvalue weighted by atomic mass is 10.0. The van der Waals surface area contributed by atoms with Crippen LogP contribution < -0.4 is 9.64 Å². The van der Waals surface area contributed by atoms with Gasteiger partial charge in [-0.15, -0.1) is 23.4 Å². The van der Waals surface area contributed by atoms with E-state index in [-0.39, 0.29) is 17.1 Å². The van der Waals surface area contributed by atoms with Crippen molar-refractivity contribution in [3.63, 3.8) is 0 Å². The Hall–Kier alpha value is -2.18. The van der Waals surface area contributed by atoms with Crippen molar-refractivity contribution in [1.82, 2.24) is 0 Å². The monoisotopic (exact) mass is 447 g/mol. The fourth-order valence-electron chi connectivity index (χ4n) is 3.44. The van der Waals surface area contributed by atoms with Crippen LogP contribution in [-0.4, -0.2) is 37.5 Å². The maximum Gasteiger partial charge on any atom is 0.303 e. The summed E-state index contributed by atoms with van der Waals surface area (Å²) in [7, 11) is 1.61. The zero-order valence-electron chi connectivity index (χ0n) is 17.3. The average Bonchev–Trinajstić information content (AvgIpc) is 2.87. The molecule has 2 aromatic rings. The quantitative estimate of drug-likeness (QED) is 0.438. The fourth-order valence-corrected chi connectivity index (χ4v) is 5.08. The standard InChI is InChI=1S/C23H26ClNO4S/c1-4-16(13-24)14-25-19-7-5-6-8-20(19)30-22(21(23(25)27)29-15(2)26)17-9-11-18(28-3)12-10-17/h5-12,16,21-22H,4,13-14H2,1-3H3/t16?,21-,22+/m1/s1. The van der Waals surface area contributed by atoms with Crippen LogP contribution in [0.5, 0.6) is 5.75 Å². The van der Waals surface area contributed by atoms with Gasteiger partial charge in [0.15, 0.2) is 6.10 Å². The van der Waals surface area contributed by atoms with E-state index in [1.54, 1.807) is 12.0 Å².